The number of aromatic nitrogens is 4. The maximum Gasteiger partial charge on any atom is 0.322 e. The Morgan fingerprint density at radius 1 is 1.25 bits per heavy atom. The second kappa shape index (κ2) is 8.71. The van der Waals surface area contributed by atoms with Crippen LogP contribution in [0.3, 0.4) is 0 Å². The fourth-order valence-corrected chi connectivity index (χ4v) is 5.19. The fourth-order valence-electron chi connectivity index (χ4n) is 3.67. The number of benzene rings is 1. The van der Waals surface area contributed by atoms with E-state index in [4.69, 9.17) is 9.15 Å². The van der Waals surface area contributed by atoms with Crippen molar-refractivity contribution in [2.45, 2.75) is 24.7 Å². The minimum absolute atomic E-state index is 0.0426. The summed E-state index contributed by atoms with van der Waals surface area (Å²) in [5.74, 6) is -0.0992. The lowest BCUT2D eigenvalue weighted by molar-refractivity contribution is -0.121. The number of amides is 1. The Labute approximate surface area is 185 Å². The zero-order valence-corrected chi connectivity index (χ0v) is 18.8. The summed E-state index contributed by atoms with van der Waals surface area (Å²) in [7, 11) is -0.454. The van der Waals surface area contributed by atoms with E-state index in [0.29, 0.717) is 30.8 Å². The number of anilines is 1. The Bertz CT molecular complexity index is 1220. The molecule has 32 heavy (non-hydrogen) atoms. The molecule has 1 fully saturated rings. The number of methoxy groups -OCH3 is 1. The number of carbonyl (C=O) groups is 1. The van der Waals surface area contributed by atoms with E-state index in [9.17, 15) is 13.2 Å². The van der Waals surface area contributed by atoms with E-state index in [2.05, 4.69) is 20.6 Å². The lowest BCUT2D eigenvalue weighted by Crippen LogP contribution is -2.43. The molecular formula is C20H24N6O5S. The van der Waals surface area contributed by atoms with Gasteiger partial charge in [-0.3, -0.25) is 14.8 Å². The van der Waals surface area contributed by atoms with Gasteiger partial charge in [0.25, 0.3) is 5.89 Å². The van der Waals surface area contributed by atoms with Crippen LogP contribution in [0.4, 0.5) is 6.01 Å². The molecule has 1 aromatic carbocycles. The number of nitrogens with zero attached hydrogens (tertiary/aromatic N) is 5. The van der Waals surface area contributed by atoms with Gasteiger partial charge in [-0.15, -0.1) is 5.10 Å². The second-order valence-electron chi connectivity index (χ2n) is 7.57. The van der Waals surface area contributed by atoms with Gasteiger partial charge < -0.3 is 9.15 Å². The topological polar surface area (TPSA) is 132 Å². The molecule has 1 aliphatic heterocycles. The largest absolute Gasteiger partial charge is 0.497 e. The van der Waals surface area contributed by atoms with Crippen LogP contribution in [0, 0.1) is 12.8 Å². The van der Waals surface area contributed by atoms with Crippen LogP contribution >= 0.6 is 0 Å². The highest BCUT2D eigenvalue weighted by Gasteiger charge is 2.34. The van der Waals surface area contributed by atoms with Gasteiger partial charge in [-0.25, -0.2) is 8.42 Å². The van der Waals surface area contributed by atoms with Gasteiger partial charge in [0.05, 0.1) is 23.6 Å². The smallest absolute Gasteiger partial charge is 0.322 e. The molecule has 0 radical (unpaired) electrons. The van der Waals surface area contributed by atoms with Crippen LogP contribution in [0.15, 0.2) is 39.6 Å². The van der Waals surface area contributed by atoms with E-state index >= 15 is 0 Å². The molecule has 1 aliphatic rings. The summed E-state index contributed by atoms with van der Waals surface area (Å²) < 4.78 is 39.6. The molecule has 3 heterocycles. The van der Waals surface area contributed by atoms with Crippen molar-refractivity contribution in [2.75, 3.05) is 25.5 Å². The quantitative estimate of drug-likeness (QED) is 0.589. The monoisotopic (exact) mass is 460 g/mol. The summed E-state index contributed by atoms with van der Waals surface area (Å²) >= 11 is 0. The Hall–Kier alpha value is -3.25. The van der Waals surface area contributed by atoms with Crippen LogP contribution in [0.1, 0.15) is 18.5 Å². The standard InChI is InChI=1S/C20H24N6O5S/c1-13-11-17(25(2)24-13)19-22-23-20(31-19)21-18(27)14-5-4-10-26(12-14)32(28,29)16-8-6-15(30-3)7-9-16/h6-9,11,14H,4-5,10,12H2,1-3H3,(H,21,23,27). The molecule has 1 atom stereocenters. The lowest BCUT2D eigenvalue weighted by atomic mass is 9.99. The Morgan fingerprint density at radius 2 is 2.00 bits per heavy atom. The first-order valence-electron chi connectivity index (χ1n) is 10.1. The summed E-state index contributed by atoms with van der Waals surface area (Å²) in [5.41, 5.74) is 1.43. The zero-order chi connectivity index (χ0) is 22.9. The molecule has 12 heteroatoms. The number of rotatable bonds is 6. The zero-order valence-electron chi connectivity index (χ0n) is 18.0. The fraction of sp³-hybridized carbons (Fsp3) is 0.400. The van der Waals surface area contributed by atoms with Crippen molar-refractivity contribution in [1.29, 1.82) is 0 Å². The number of hydrogen-bond donors (Lipinski definition) is 1. The Balaban J connectivity index is 1.44. The highest BCUT2D eigenvalue weighted by atomic mass is 32.2. The van der Waals surface area contributed by atoms with Gasteiger partial charge in [0.2, 0.25) is 15.9 Å². The normalized spacial score (nSPS) is 17.3. The molecule has 0 aliphatic carbocycles. The molecule has 1 saturated heterocycles. The number of carbonyl (C=O) groups excluding carboxylic acids is 1. The highest BCUT2D eigenvalue weighted by molar-refractivity contribution is 7.89. The van der Waals surface area contributed by atoms with Gasteiger partial charge in [0.1, 0.15) is 11.4 Å². The first-order valence-corrected chi connectivity index (χ1v) is 11.5. The van der Waals surface area contributed by atoms with Crippen LogP contribution in [-0.2, 0) is 21.9 Å². The molecule has 0 spiro atoms. The second-order valence-corrected chi connectivity index (χ2v) is 9.51. The molecular weight excluding hydrogens is 436 g/mol. The van der Waals surface area contributed by atoms with E-state index in [1.54, 1.807) is 29.9 Å². The van der Waals surface area contributed by atoms with E-state index in [1.807, 2.05) is 6.92 Å². The van der Waals surface area contributed by atoms with E-state index in [-0.39, 0.29) is 29.3 Å². The van der Waals surface area contributed by atoms with Crippen molar-refractivity contribution in [3.05, 3.63) is 36.0 Å². The SMILES string of the molecule is COc1ccc(S(=O)(=O)N2CCCC(C(=O)Nc3nnc(-c4cc(C)nn4C)o3)C2)cc1. The molecule has 170 valence electrons. The van der Waals surface area contributed by atoms with Crippen molar-refractivity contribution in [1.82, 2.24) is 24.3 Å². The van der Waals surface area contributed by atoms with Crippen LogP contribution in [0.25, 0.3) is 11.6 Å². The third-order valence-electron chi connectivity index (χ3n) is 5.33. The van der Waals surface area contributed by atoms with Crippen LogP contribution in [0.5, 0.6) is 5.75 Å². The molecule has 0 saturated carbocycles. The lowest BCUT2D eigenvalue weighted by Gasteiger charge is -2.30. The third-order valence-corrected chi connectivity index (χ3v) is 7.21. The number of hydrogen-bond acceptors (Lipinski definition) is 8. The maximum absolute atomic E-state index is 13.0. The van der Waals surface area contributed by atoms with Gasteiger partial charge >= 0.3 is 6.01 Å². The van der Waals surface area contributed by atoms with Crippen LogP contribution in [0.2, 0.25) is 0 Å². The van der Waals surface area contributed by atoms with Crippen molar-refractivity contribution < 1.29 is 22.4 Å². The van der Waals surface area contributed by atoms with E-state index in [0.717, 1.165) is 5.69 Å². The van der Waals surface area contributed by atoms with E-state index < -0.39 is 15.9 Å². The first kappa shape index (κ1) is 22.0. The molecule has 0 bridgehead atoms. The van der Waals surface area contributed by atoms with Gasteiger partial charge in [-0.1, -0.05) is 5.10 Å². The van der Waals surface area contributed by atoms with Crippen molar-refractivity contribution in [3.8, 4) is 17.3 Å². The summed E-state index contributed by atoms with van der Waals surface area (Å²) in [4.78, 5) is 12.9. The van der Waals surface area contributed by atoms with Crippen LogP contribution in [-0.4, -0.2) is 58.8 Å². The summed E-state index contributed by atoms with van der Waals surface area (Å²) in [6, 6.07) is 7.94. The average Bonchev–Trinajstić information content (AvgIpc) is 3.39. The molecule has 1 N–H and O–H groups in total. The summed E-state index contributed by atoms with van der Waals surface area (Å²) in [6.07, 6.45) is 1.12. The van der Waals surface area contributed by atoms with Gasteiger partial charge in [0.15, 0.2) is 0 Å². The number of sulfonamides is 1. The van der Waals surface area contributed by atoms with Gasteiger partial charge in [-0.2, -0.15) is 9.40 Å². The van der Waals surface area contributed by atoms with E-state index in [1.165, 1.54) is 23.5 Å². The maximum atomic E-state index is 13.0. The molecule has 3 aromatic rings. The molecule has 1 amide bonds. The third kappa shape index (κ3) is 4.36. The van der Waals surface area contributed by atoms with Crippen molar-refractivity contribution in [3.63, 3.8) is 0 Å². The molecule has 2 aromatic heterocycles. The minimum Gasteiger partial charge on any atom is -0.497 e. The first-order chi connectivity index (χ1) is 15.3. The predicted molar refractivity (Wildman–Crippen MR) is 114 cm³/mol. The minimum atomic E-state index is -3.72. The number of nitrogens with one attached hydrogen (secondary N) is 1. The van der Waals surface area contributed by atoms with Crippen molar-refractivity contribution >= 4 is 21.9 Å². The number of aryl methyl sites for hydroxylation is 2. The Morgan fingerprint density at radius 3 is 2.66 bits per heavy atom. The van der Waals surface area contributed by atoms with Gasteiger partial charge in [-0.05, 0) is 50.1 Å². The van der Waals surface area contributed by atoms with Crippen LogP contribution < -0.4 is 10.1 Å². The molecule has 4 rings (SSSR count). The predicted octanol–water partition coefficient (Wildman–Crippen LogP) is 1.83. The average molecular weight is 461 g/mol. The highest BCUT2D eigenvalue weighted by Crippen LogP contribution is 2.26. The summed E-state index contributed by atoms with van der Waals surface area (Å²) in [6.45, 7) is 2.27. The van der Waals surface area contributed by atoms with Crippen molar-refractivity contribution in [2.24, 2.45) is 13.0 Å². The number of piperidine rings is 1. The number of ether oxygens (including phenoxy) is 1. The van der Waals surface area contributed by atoms with Gasteiger partial charge in [0, 0.05) is 20.1 Å². The molecule has 11 nitrogen and oxygen atoms in total. The summed E-state index contributed by atoms with van der Waals surface area (Å²) in [5, 5.41) is 14.7. The Kier molecular flexibility index (Phi) is 5.98. The molecule has 1 unspecified atom stereocenters.